The van der Waals surface area contributed by atoms with Crippen molar-refractivity contribution in [3.8, 4) is 0 Å². The summed E-state index contributed by atoms with van der Waals surface area (Å²) in [6, 6.07) is 0.710. The predicted octanol–water partition coefficient (Wildman–Crippen LogP) is 1.38. The Morgan fingerprint density at radius 3 is 2.69 bits per heavy atom. The monoisotopic (exact) mass is 224 g/mol. The van der Waals surface area contributed by atoms with Crippen LogP contribution in [0.3, 0.4) is 0 Å². The Morgan fingerprint density at radius 1 is 1.31 bits per heavy atom. The maximum atomic E-state index is 11.6. The normalized spacial score (nSPS) is 31.8. The molecule has 0 aromatic rings. The standard InChI is InChI=1S/C13H24N2O/c1-14(9-11-5-3-7-13(11)16)10-12-6-4-8-15(12)2/h11-12H,3-10H2,1-2H3. The van der Waals surface area contributed by atoms with Crippen LogP contribution in [0.25, 0.3) is 0 Å². The first-order chi connectivity index (χ1) is 7.66. The number of hydrogen-bond acceptors (Lipinski definition) is 3. The molecule has 2 unspecified atom stereocenters. The van der Waals surface area contributed by atoms with Gasteiger partial charge in [-0.05, 0) is 46.3 Å². The van der Waals surface area contributed by atoms with E-state index >= 15 is 0 Å². The van der Waals surface area contributed by atoms with E-state index in [0.717, 1.165) is 32.4 Å². The van der Waals surface area contributed by atoms with Crippen LogP contribution in [-0.4, -0.2) is 55.4 Å². The molecule has 0 aromatic heterocycles. The van der Waals surface area contributed by atoms with Crippen LogP contribution in [0.5, 0.6) is 0 Å². The topological polar surface area (TPSA) is 23.6 Å². The smallest absolute Gasteiger partial charge is 0.137 e. The lowest BCUT2D eigenvalue weighted by molar-refractivity contribution is -0.121. The van der Waals surface area contributed by atoms with E-state index in [1.165, 1.54) is 19.4 Å². The van der Waals surface area contributed by atoms with Gasteiger partial charge in [0.25, 0.3) is 0 Å². The van der Waals surface area contributed by atoms with Crippen molar-refractivity contribution < 1.29 is 4.79 Å². The number of ketones is 1. The Morgan fingerprint density at radius 2 is 2.12 bits per heavy atom. The van der Waals surface area contributed by atoms with Crippen molar-refractivity contribution in [2.45, 2.75) is 38.1 Å². The molecule has 1 aliphatic heterocycles. The summed E-state index contributed by atoms with van der Waals surface area (Å²) in [6.07, 6.45) is 5.70. The SMILES string of the molecule is CN(CC1CCCC1=O)CC1CCCN1C. The molecule has 3 heteroatoms. The van der Waals surface area contributed by atoms with E-state index in [2.05, 4.69) is 23.9 Å². The third kappa shape index (κ3) is 2.83. The van der Waals surface area contributed by atoms with Crippen LogP contribution in [0.2, 0.25) is 0 Å². The highest BCUT2D eigenvalue weighted by Crippen LogP contribution is 2.22. The van der Waals surface area contributed by atoms with Crippen molar-refractivity contribution in [3.05, 3.63) is 0 Å². The molecular formula is C13H24N2O. The highest BCUT2D eigenvalue weighted by Gasteiger charge is 2.27. The van der Waals surface area contributed by atoms with E-state index in [1.54, 1.807) is 0 Å². The fourth-order valence-corrected chi connectivity index (χ4v) is 3.10. The largest absolute Gasteiger partial charge is 0.304 e. The van der Waals surface area contributed by atoms with Crippen LogP contribution in [0.4, 0.5) is 0 Å². The number of Topliss-reactive ketones (excluding diaryl/α,β-unsaturated/α-hetero) is 1. The molecule has 1 saturated carbocycles. The van der Waals surface area contributed by atoms with Crippen LogP contribution in [0, 0.1) is 5.92 Å². The summed E-state index contributed by atoms with van der Waals surface area (Å²) in [7, 11) is 4.38. The second-order valence-electron chi connectivity index (χ2n) is 5.55. The zero-order chi connectivity index (χ0) is 11.5. The number of likely N-dealkylation sites (N-methyl/N-ethyl adjacent to an activating group) is 2. The Balaban J connectivity index is 1.75. The molecule has 2 atom stereocenters. The van der Waals surface area contributed by atoms with Gasteiger partial charge in [0, 0.05) is 31.5 Å². The molecule has 0 amide bonds. The summed E-state index contributed by atoms with van der Waals surface area (Å²) >= 11 is 0. The molecule has 2 rings (SSSR count). The highest BCUT2D eigenvalue weighted by atomic mass is 16.1. The van der Waals surface area contributed by atoms with Gasteiger partial charge in [0.2, 0.25) is 0 Å². The van der Waals surface area contributed by atoms with Crippen molar-refractivity contribution in [1.29, 1.82) is 0 Å². The second kappa shape index (κ2) is 5.28. The van der Waals surface area contributed by atoms with Crippen molar-refractivity contribution in [2.75, 3.05) is 33.7 Å². The van der Waals surface area contributed by atoms with E-state index < -0.39 is 0 Å². The highest BCUT2D eigenvalue weighted by molar-refractivity contribution is 5.83. The van der Waals surface area contributed by atoms with Crippen molar-refractivity contribution in [2.24, 2.45) is 5.92 Å². The van der Waals surface area contributed by atoms with E-state index in [0.29, 0.717) is 17.7 Å². The molecule has 0 bridgehead atoms. The van der Waals surface area contributed by atoms with Crippen LogP contribution in [-0.2, 0) is 4.79 Å². The van der Waals surface area contributed by atoms with Gasteiger partial charge in [-0.15, -0.1) is 0 Å². The number of likely N-dealkylation sites (tertiary alicyclic amines) is 1. The van der Waals surface area contributed by atoms with E-state index in [1.807, 2.05) is 0 Å². The number of carbonyl (C=O) groups is 1. The molecular weight excluding hydrogens is 200 g/mol. The first-order valence-corrected chi connectivity index (χ1v) is 6.58. The lowest BCUT2D eigenvalue weighted by Crippen LogP contribution is -2.39. The van der Waals surface area contributed by atoms with Crippen molar-refractivity contribution in [1.82, 2.24) is 9.80 Å². The van der Waals surface area contributed by atoms with Gasteiger partial charge in [0.1, 0.15) is 5.78 Å². The van der Waals surface area contributed by atoms with Gasteiger partial charge in [0.05, 0.1) is 0 Å². The lowest BCUT2D eigenvalue weighted by Gasteiger charge is -2.27. The average molecular weight is 224 g/mol. The average Bonchev–Trinajstić information content (AvgIpc) is 2.79. The molecule has 1 heterocycles. The minimum absolute atomic E-state index is 0.330. The lowest BCUT2D eigenvalue weighted by atomic mass is 10.1. The number of nitrogens with zero attached hydrogens (tertiary/aromatic N) is 2. The van der Waals surface area contributed by atoms with Crippen LogP contribution in [0.15, 0.2) is 0 Å². The van der Waals surface area contributed by atoms with Crippen LogP contribution >= 0.6 is 0 Å². The summed E-state index contributed by atoms with van der Waals surface area (Å²) in [5.41, 5.74) is 0. The van der Waals surface area contributed by atoms with E-state index in [4.69, 9.17) is 0 Å². The van der Waals surface area contributed by atoms with Gasteiger partial charge in [-0.2, -0.15) is 0 Å². The fraction of sp³-hybridized carbons (Fsp3) is 0.923. The number of carbonyl (C=O) groups excluding carboxylic acids is 1. The maximum Gasteiger partial charge on any atom is 0.137 e. The Kier molecular flexibility index (Phi) is 3.98. The molecule has 0 radical (unpaired) electrons. The molecule has 0 aromatic carbocycles. The minimum Gasteiger partial charge on any atom is -0.304 e. The second-order valence-corrected chi connectivity index (χ2v) is 5.55. The quantitative estimate of drug-likeness (QED) is 0.721. The van der Waals surface area contributed by atoms with Crippen molar-refractivity contribution in [3.63, 3.8) is 0 Å². The summed E-state index contributed by atoms with van der Waals surface area (Å²) in [5.74, 6) is 0.823. The van der Waals surface area contributed by atoms with Crippen LogP contribution < -0.4 is 0 Å². The third-order valence-electron chi connectivity index (χ3n) is 4.16. The molecule has 92 valence electrons. The Labute approximate surface area is 98.8 Å². The number of hydrogen-bond donors (Lipinski definition) is 0. The van der Waals surface area contributed by atoms with Gasteiger partial charge in [0.15, 0.2) is 0 Å². The summed E-state index contributed by atoms with van der Waals surface area (Å²) < 4.78 is 0. The first kappa shape index (κ1) is 12.1. The Hall–Kier alpha value is -0.410. The molecule has 16 heavy (non-hydrogen) atoms. The van der Waals surface area contributed by atoms with E-state index in [-0.39, 0.29) is 0 Å². The first-order valence-electron chi connectivity index (χ1n) is 6.58. The summed E-state index contributed by atoms with van der Waals surface area (Å²) in [5, 5.41) is 0. The Bertz CT molecular complexity index is 254. The zero-order valence-corrected chi connectivity index (χ0v) is 10.6. The molecule has 1 aliphatic carbocycles. The predicted molar refractivity (Wildman–Crippen MR) is 65.5 cm³/mol. The number of rotatable bonds is 4. The molecule has 0 N–H and O–H groups in total. The summed E-state index contributed by atoms with van der Waals surface area (Å²) in [4.78, 5) is 16.4. The molecule has 2 fully saturated rings. The van der Waals surface area contributed by atoms with E-state index in [9.17, 15) is 4.79 Å². The molecule has 2 aliphatic rings. The third-order valence-corrected chi connectivity index (χ3v) is 4.16. The molecule has 0 spiro atoms. The zero-order valence-electron chi connectivity index (χ0n) is 10.6. The molecule has 1 saturated heterocycles. The van der Waals surface area contributed by atoms with Gasteiger partial charge in [-0.25, -0.2) is 0 Å². The molecule has 3 nitrogen and oxygen atoms in total. The van der Waals surface area contributed by atoms with Gasteiger partial charge in [-0.1, -0.05) is 0 Å². The fourth-order valence-electron chi connectivity index (χ4n) is 3.10. The van der Waals surface area contributed by atoms with Gasteiger partial charge >= 0.3 is 0 Å². The summed E-state index contributed by atoms with van der Waals surface area (Å²) in [6.45, 7) is 3.34. The van der Waals surface area contributed by atoms with Crippen molar-refractivity contribution >= 4 is 5.78 Å². The van der Waals surface area contributed by atoms with Crippen LogP contribution in [0.1, 0.15) is 32.1 Å². The maximum absolute atomic E-state index is 11.6. The van der Waals surface area contributed by atoms with Gasteiger partial charge < -0.3 is 9.80 Å². The minimum atomic E-state index is 0.330. The van der Waals surface area contributed by atoms with Gasteiger partial charge in [-0.3, -0.25) is 4.79 Å².